The van der Waals surface area contributed by atoms with E-state index in [0.29, 0.717) is 0 Å². The van der Waals surface area contributed by atoms with E-state index in [1.807, 2.05) is 20.9 Å². The van der Waals surface area contributed by atoms with Gasteiger partial charge in [0.1, 0.15) is 5.82 Å². The number of nitrogens with zero attached hydrogens (tertiary/aromatic N) is 2. The van der Waals surface area contributed by atoms with Crippen LogP contribution in [0.15, 0.2) is 0 Å². The maximum atomic E-state index is 6.12. The normalized spacial score (nSPS) is 19.7. The molecule has 12 heavy (non-hydrogen) atoms. The second kappa shape index (κ2) is 2.10. The molecule has 1 fully saturated rings. The van der Waals surface area contributed by atoms with Crippen molar-refractivity contribution >= 4 is 0 Å². The summed E-state index contributed by atoms with van der Waals surface area (Å²) >= 11 is 0. The molecule has 0 aromatic carbocycles. The van der Waals surface area contributed by atoms with Gasteiger partial charge in [-0.3, -0.25) is 0 Å². The van der Waals surface area contributed by atoms with Gasteiger partial charge < -0.3 is 10.3 Å². The fourth-order valence-corrected chi connectivity index (χ4v) is 1.84. The van der Waals surface area contributed by atoms with Crippen molar-refractivity contribution < 1.29 is 0 Å². The predicted molar refractivity (Wildman–Crippen MR) is 47.8 cm³/mol. The van der Waals surface area contributed by atoms with Gasteiger partial charge in [-0.25, -0.2) is 4.98 Å². The quantitative estimate of drug-likeness (QED) is 0.674. The zero-order valence-electron chi connectivity index (χ0n) is 7.89. The van der Waals surface area contributed by atoms with Crippen molar-refractivity contribution in [2.24, 2.45) is 12.8 Å². The fourth-order valence-electron chi connectivity index (χ4n) is 1.84. The minimum absolute atomic E-state index is 0.0555. The van der Waals surface area contributed by atoms with Crippen molar-refractivity contribution in [2.75, 3.05) is 0 Å². The first-order valence-electron chi connectivity index (χ1n) is 4.34. The van der Waals surface area contributed by atoms with E-state index in [-0.39, 0.29) is 5.54 Å². The average Bonchev–Trinajstić information content (AvgIpc) is 2.62. The number of aryl methyl sites for hydroxylation is 2. The van der Waals surface area contributed by atoms with E-state index in [2.05, 4.69) is 9.55 Å². The molecular formula is C9H15N3. The number of nitrogens with two attached hydrogens (primary N) is 1. The van der Waals surface area contributed by atoms with E-state index >= 15 is 0 Å². The van der Waals surface area contributed by atoms with Crippen molar-refractivity contribution in [3.63, 3.8) is 0 Å². The first-order valence-corrected chi connectivity index (χ1v) is 4.34. The molecular weight excluding hydrogens is 150 g/mol. The topological polar surface area (TPSA) is 43.8 Å². The molecule has 1 aliphatic carbocycles. The lowest BCUT2D eigenvalue weighted by molar-refractivity contribution is 0.645. The third-order valence-corrected chi connectivity index (χ3v) is 2.75. The van der Waals surface area contributed by atoms with Crippen LogP contribution in [0.2, 0.25) is 0 Å². The van der Waals surface area contributed by atoms with Crippen LogP contribution in [0.25, 0.3) is 0 Å². The third-order valence-electron chi connectivity index (χ3n) is 2.75. The fraction of sp³-hybridized carbons (Fsp3) is 0.667. The summed E-state index contributed by atoms with van der Waals surface area (Å²) in [6, 6.07) is 0. The maximum Gasteiger partial charge on any atom is 0.105 e. The molecule has 1 heterocycles. The van der Waals surface area contributed by atoms with Crippen molar-refractivity contribution in [1.29, 1.82) is 0 Å². The summed E-state index contributed by atoms with van der Waals surface area (Å²) < 4.78 is 2.11. The van der Waals surface area contributed by atoms with Gasteiger partial charge >= 0.3 is 0 Å². The van der Waals surface area contributed by atoms with Crippen LogP contribution in [0.3, 0.4) is 0 Å². The highest BCUT2D eigenvalue weighted by molar-refractivity contribution is 5.29. The van der Waals surface area contributed by atoms with Crippen molar-refractivity contribution in [3.05, 3.63) is 17.2 Å². The highest BCUT2D eigenvalue weighted by atomic mass is 15.1. The van der Waals surface area contributed by atoms with E-state index in [4.69, 9.17) is 5.73 Å². The van der Waals surface area contributed by atoms with Crippen LogP contribution in [0.5, 0.6) is 0 Å². The van der Waals surface area contributed by atoms with Gasteiger partial charge in [-0.2, -0.15) is 0 Å². The van der Waals surface area contributed by atoms with Crippen LogP contribution in [0.4, 0.5) is 0 Å². The Morgan fingerprint density at radius 3 is 2.33 bits per heavy atom. The smallest absolute Gasteiger partial charge is 0.105 e. The molecule has 0 unspecified atom stereocenters. The van der Waals surface area contributed by atoms with E-state index in [1.54, 1.807) is 0 Å². The van der Waals surface area contributed by atoms with Gasteiger partial charge in [0.05, 0.1) is 16.9 Å². The Balaban J connectivity index is 2.55. The first-order chi connectivity index (χ1) is 5.54. The van der Waals surface area contributed by atoms with Gasteiger partial charge in [-0.05, 0) is 26.7 Å². The second-order valence-electron chi connectivity index (χ2n) is 3.81. The van der Waals surface area contributed by atoms with E-state index in [0.717, 1.165) is 24.4 Å². The van der Waals surface area contributed by atoms with Crippen LogP contribution in [0.1, 0.15) is 30.1 Å². The van der Waals surface area contributed by atoms with E-state index in [9.17, 15) is 0 Å². The van der Waals surface area contributed by atoms with Gasteiger partial charge in [0.25, 0.3) is 0 Å². The SMILES string of the molecule is Cc1nc(C)n(C)c1C1(N)CC1. The molecule has 0 radical (unpaired) electrons. The largest absolute Gasteiger partial charge is 0.333 e. The molecule has 1 aromatic heterocycles. The first kappa shape index (κ1) is 7.80. The Hall–Kier alpha value is -0.830. The highest BCUT2D eigenvalue weighted by Gasteiger charge is 2.43. The Morgan fingerprint density at radius 2 is 2.00 bits per heavy atom. The Kier molecular flexibility index (Phi) is 1.37. The molecule has 0 bridgehead atoms. The molecule has 0 amide bonds. The standard InChI is InChI=1S/C9H15N3/c1-6-8(9(10)4-5-9)12(3)7(2)11-6/h4-5,10H2,1-3H3. The Morgan fingerprint density at radius 1 is 1.42 bits per heavy atom. The number of hydrogen-bond donors (Lipinski definition) is 1. The number of aromatic nitrogens is 2. The van der Waals surface area contributed by atoms with Crippen LogP contribution in [-0.2, 0) is 12.6 Å². The van der Waals surface area contributed by atoms with Gasteiger partial charge in [0.15, 0.2) is 0 Å². The summed E-state index contributed by atoms with van der Waals surface area (Å²) in [4.78, 5) is 4.40. The summed E-state index contributed by atoms with van der Waals surface area (Å²) in [7, 11) is 2.04. The monoisotopic (exact) mass is 165 g/mol. The second-order valence-corrected chi connectivity index (χ2v) is 3.81. The van der Waals surface area contributed by atoms with Crippen LogP contribution >= 0.6 is 0 Å². The summed E-state index contributed by atoms with van der Waals surface area (Å²) in [5.74, 6) is 1.05. The lowest BCUT2D eigenvalue weighted by atomic mass is 10.1. The molecule has 2 rings (SSSR count). The van der Waals surface area contributed by atoms with Crippen LogP contribution in [-0.4, -0.2) is 9.55 Å². The Labute approximate surface area is 72.6 Å². The molecule has 0 saturated heterocycles. The lowest BCUT2D eigenvalue weighted by Gasteiger charge is -2.11. The summed E-state index contributed by atoms with van der Waals surface area (Å²) in [5.41, 5.74) is 8.38. The molecule has 1 aromatic rings. The van der Waals surface area contributed by atoms with E-state index in [1.165, 1.54) is 5.69 Å². The predicted octanol–water partition coefficient (Wildman–Crippen LogP) is 0.985. The van der Waals surface area contributed by atoms with Crippen molar-refractivity contribution in [2.45, 2.75) is 32.2 Å². The van der Waals surface area contributed by atoms with Gasteiger partial charge in [0.2, 0.25) is 0 Å². The molecule has 0 aliphatic heterocycles. The van der Waals surface area contributed by atoms with Gasteiger partial charge in [0, 0.05) is 7.05 Å². The van der Waals surface area contributed by atoms with Crippen LogP contribution < -0.4 is 5.73 Å². The van der Waals surface area contributed by atoms with Gasteiger partial charge in [-0.1, -0.05) is 0 Å². The minimum Gasteiger partial charge on any atom is -0.333 e. The molecule has 2 N–H and O–H groups in total. The van der Waals surface area contributed by atoms with E-state index < -0.39 is 0 Å². The van der Waals surface area contributed by atoms with Gasteiger partial charge in [-0.15, -0.1) is 0 Å². The molecule has 1 aliphatic rings. The molecule has 3 nitrogen and oxygen atoms in total. The molecule has 66 valence electrons. The highest BCUT2D eigenvalue weighted by Crippen LogP contribution is 2.43. The molecule has 1 saturated carbocycles. The molecule has 0 spiro atoms. The van der Waals surface area contributed by atoms with Crippen molar-refractivity contribution in [1.82, 2.24) is 9.55 Å². The molecule has 3 heteroatoms. The molecule has 0 atom stereocenters. The maximum absolute atomic E-state index is 6.12. The minimum atomic E-state index is -0.0555. The zero-order chi connectivity index (χ0) is 8.93. The average molecular weight is 165 g/mol. The Bertz CT molecular complexity index is 321. The summed E-state index contributed by atoms with van der Waals surface area (Å²) in [6.45, 7) is 4.05. The lowest BCUT2D eigenvalue weighted by Crippen LogP contribution is -2.23. The summed E-state index contributed by atoms with van der Waals surface area (Å²) in [6.07, 6.45) is 2.21. The third kappa shape index (κ3) is 0.894. The number of rotatable bonds is 1. The zero-order valence-corrected chi connectivity index (χ0v) is 7.89. The number of imidazole rings is 1. The summed E-state index contributed by atoms with van der Waals surface area (Å²) in [5, 5.41) is 0. The number of hydrogen-bond acceptors (Lipinski definition) is 2. The van der Waals surface area contributed by atoms with Crippen LogP contribution in [0, 0.1) is 13.8 Å². The van der Waals surface area contributed by atoms with Crippen molar-refractivity contribution in [3.8, 4) is 0 Å².